The molecule has 0 aliphatic carbocycles. The Labute approximate surface area is 187 Å². The van der Waals surface area contributed by atoms with Gasteiger partial charge in [-0.3, -0.25) is 9.69 Å². The normalized spacial score (nSPS) is 14.8. The predicted molar refractivity (Wildman–Crippen MR) is 118 cm³/mol. The van der Waals surface area contributed by atoms with Crippen LogP contribution in [0.15, 0.2) is 50.8 Å². The third kappa shape index (κ3) is 5.68. The van der Waals surface area contributed by atoms with E-state index in [9.17, 15) is 4.79 Å². The number of carbonyl (C=O) groups excluding carboxylic acids is 1. The predicted octanol–water partition coefficient (Wildman–Crippen LogP) is 4.06. The largest absolute Gasteiger partial charge is 0.494 e. The second-order valence-electron chi connectivity index (χ2n) is 7.06. The lowest BCUT2D eigenvalue weighted by molar-refractivity contribution is -0.133. The summed E-state index contributed by atoms with van der Waals surface area (Å²) in [7, 11) is 0. The van der Waals surface area contributed by atoms with E-state index in [1.807, 2.05) is 46.7 Å². The molecule has 0 N–H and O–H groups in total. The third-order valence-corrected chi connectivity index (χ3v) is 6.25. The van der Waals surface area contributed by atoms with Crippen molar-refractivity contribution in [2.75, 3.05) is 32.8 Å². The first-order valence-electron chi connectivity index (χ1n) is 9.92. The van der Waals surface area contributed by atoms with Crippen molar-refractivity contribution in [3.8, 4) is 16.5 Å². The Morgan fingerprint density at radius 2 is 2.07 bits per heavy atom. The summed E-state index contributed by atoms with van der Waals surface area (Å²) in [5.41, 5.74) is 0. The summed E-state index contributed by atoms with van der Waals surface area (Å²) in [5, 5.41) is 6.05. The molecule has 1 aliphatic heterocycles. The number of carbonyl (C=O) groups is 1. The molecule has 0 radical (unpaired) electrons. The highest BCUT2D eigenvalue weighted by atomic mass is 79.9. The minimum atomic E-state index is 0.185. The van der Waals surface area contributed by atoms with Crippen molar-refractivity contribution in [2.45, 2.75) is 19.4 Å². The number of thiophene rings is 1. The summed E-state index contributed by atoms with van der Waals surface area (Å²) in [6, 6.07) is 11.7. The highest BCUT2D eigenvalue weighted by Crippen LogP contribution is 2.22. The lowest BCUT2D eigenvalue weighted by Gasteiger charge is -2.34. The average molecular weight is 491 g/mol. The maximum absolute atomic E-state index is 12.5. The topological polar surface area (TPSA) is 71.7 Å². The van der Waals surface area contributed by atoms with Gasteiger partial charge in [-0.1, -0.05) is 33.2 Å². The molecule has 0 saturated carbocycles. The Balaban J connectivity index is 1.16. The summed E-state index contributed by atoms with van der Waals surface area (Å²) >= 11 is 5.02. The van der Waals surface area contributed by atoms with Crippen molar-refractivity contribution in [1.29, 1.82) is 0 Å². The molecule has 30 heavy (non-hydrogen) atoms. The van der Waals surface area contributed by atoms with Crippen LogP contribution in [0.25, 0.3) is 10.7 Å². The van der Waals surface area contributed by atoms with Crippen molar-refractivity contribution in [3.05, 3.63) is 52.1 Å². The van der Waals surface area contributed by atoms with Crippen LogP contribution < -0.4 is 4.74 Å². The van der Waals surface area contributed by atoms with E-state index in [4.69, 9.17) is 9.26 Å². The van der Waals surface area contributed by atoms with Gasteiger partial charge in [0.25, 0.3) is 0 Å². The van der Waals surface area contributed by atoms with E-state index in [1.54, 1.807) is 11.3 Å². The van der Waals surface area contributed by atoms with Gasteiger partial charge in [-0.05, 0) is 36.1 Å². The van der Waals surface area contributed by atoms with Gasteiger partial charge in [0.15, 0.2) is 0 Å². The number of nitrogens with zero attached hydrogens (tertiary/aromatic N) is 4. The summed E-state index contributed by atoms with van der Waals surface area (Å²) < 4.78 is 12.1. The minimum Gasteiger partial charge on any atom is -0.494 e. The van der Waals surface area contributed by atoms with Gasteiger partial charge in [-0.15, -0.1) is 11.3 Å². The number of piperazine rings is 1. The van der Waals surface area contributed by atoms with Gasteiger partial charge in [-0.2, -0.15) is 4.98 Å². The molecule has 0 bridgehead atoms. The van der Waals surface area contributed by atoms with E-state index in [0.29, 0.717) is 37.7 Å². The molecule has 3 aromatic rings. The highest BCUT2D eigenvalue weighted by Gasteiger charge is 2.22. The van der Waals surface area contributed by atoms with Gasteiger partial charge in [0.2, 0.25) is 17.6 Å². The van der Waals surface area contributed by atoms with E-state index >= 15 is 0 Å². The van der Waals surface area contributed by atoms with Gasteiger partial charge in [-0.25, -0.2) is 0 Å². The van der Waals surface area contributed by atoms with Crippen LogP contribution in [0.5, 0.6) is 5.75 Å². The first-order chi connectivity index (χ1) is 14.7. The van der Waals surface area contributed by atoms with Crippen LogP contribution in [0.4, 0.5) is 0 Å². The van der Waals surface area contributed by atoms with E-state index in [-0.39, 0.29) is 5.91 Å². The fourth-order valence-electron chi connectivity index (χ4n) is 3.30. The monoisotopic (exact) mass is 490 g/mol. The van der Waals surface area contributed by atoms with E-state index in [1.165, 1.54) is 0 Å². The fraction of sp³-hybridized carbons (Fsp3) is 0.381. The molecule has 0 unspecified atom stereocenters. The zero-order valence-electron chi connectivity index (χ0n) is 16.5. The number of benzene rings is 1. The number of hydrogen-bond donors (Lipinski definition) is 0. The fourth-order valence-corrected chi connectivity index (χ4v) is 4.33. The highest BCUT2D eigenvalue weighted by molar-refractivity contribution is 9.10. The summed E-state index contributed by atoms with van der Waals surface area (Å²) in [6.45, 7) is 4.19. The van der Waals surface area contributed by atoms with Gasteiger partial charge in [0, 0.05) is 37.1 Å². The molecule has 9 heteroatoms. The molecule has 0 spiro atoms. The van der Waals surface area contributed by atoms with Crippen molar-refractivity contribution in [3.63, 3.8) is 0 Å². The van der Waals surface area contributed by atoms with Crippen LogP contribution in [0.1, 0.15) is 18.7 Å². The Bertz CT molecular complexity index is 955. The molecule has 1 aromatic carbocycles. The smallest absolute Gasteiger partial charge is 0.241 e. The number of rotatable bonds is 8. The molecule has 4 rings (SSSR count). The maximum Gasteiger partial charge on any atom is 0.241 e. The summed E-state index contributed by atoms with van der Waals surface area (Å²) in [6.07, 6.45) is 1.21. The lowest BCUT2D eigenvalue weighted by atomic mass is 10.2. The molecule has 3 heterocycles. The number of ether oxygens (including phenoxy) is 1. The second-order valence-corrected chi connectivity index (χ2v) is 8.92. The number of aromatic nitrogens is 2. The van der Waals surface area contributed by atoms with Gasteiger partial charge < -0.3 is 14.2 Å². The molecule has 1 amide bonds. The van der Waals surface area contributed by atoms with Crippen LogP contribution in [0.3, 0.4) is 0 Å². The Morgan fingerprint density at radius 1 is 1.20 bits per heavy atom. The van der Waals surface area contributed by atoms with Crippen molar-refractivity contribution in [2.24, 2.45) is 0 Å². The van der Waals surface area contributed by atoms with Crippen molar-refractivity contribution >= 4 is 33.2 Å². The molecule has 1 aliphatic rings. The molecular formula is C21H23BrN4O3S. The zero-order valence-corrected chi connectivity index (χ0v) is 18.9. The number of halogens is 1. The van der Waals surface area contributed by atoms with Crippen LogP contribution in [0, 0.1) is 0 Å². The van der Waals surface area contributed by atoms with E-state index in [0.717, 1.165) is 41.3 Å². The first kappa shape index (κ1) is 21.0. The van der Waals surface area contributed by atoms with Crippen molar-refractivity contribution < 1.29 is 14.1 Å². The van der Waals surface area contributed by atoms with Crippen molar-refractivity contribution in [1.82, 2.24) is 19.9 Å². The molecule has 7 nitrogen and oxygen atoms in total. The van der Waals surface area contributed by atoms with Crippen LogP contribution in [0.2, 0.25) is 0 Å². The summed E-state index contributed by atoms with van der Waals surface area (Å²) in [5.74, 6) is 2.25. The molecule has 1 fully saturated rings. The quantitative estimate of drug-likeness (QED) is 0.443. The van der Waals surface area contributed by atoms with Gasteiger partial charge in [0.1, 0.15) is 5.75 Å². The van der Waals surface area contributed by atoms with Gasteiger partial charge >= 0.3 is 0 Å². The van der Waals surface area contributed by atoms with Crippen LogP contribution in [-0.4, -0.2) is 58.6 Å². The van der Waals surface area contributed by atoms with E-state index in [2.05, 4.69) is 31.0 Å². The van der Waals surface area contributed by atoms with E-state index < -0.39 is 0 Å². The minimum absolute atomic E-state index is 0.185. The standard InChI is InChI=1S/C21H23BrN4O3S/c22-16-4-1-5-17(14-16)28-12-2-7-20(27)26-10-8-25(9-11-26)15-19-23-21(24-29-19)18-6-3-13-30-18/h1,3-6,13-14H,2,7-12,15H2. The summed E-state index contributed by atoms with van der Waals surface area (Å²) in [4.78, 5) is 22.1. The SMILES string of the molecule is O=C(CCCOc1cccc(Br)c1)N1CCN(Cc2nc(-c3cccs3)no2)CC1. The number of hydrogen-bond acceptors (Lipinski definition) is 7. The average Bonchev–Trinajstić information content (AvgIpc) is 3.44. The van der Waals surface area contributed by atoms with Crippen LogP contribution >= 0.6 is 27.3 Å². The molecule has 1 saturated heterocycles. The Kier molecular flexibility index (Phi) is 7.14. The third-order valence-electron chi connectivity index (χ3n) is 4.89. The maximum atomic E-state index is 12.5. The number of amides is 1. The molecule has 158 valence electrons. The van der Waals surface area contributed by atoms with Crippen LogP contribution in [-0.2, 0) is 11.3 Å². The lowest BCUT2D eigenvalue weighted by Crippen LogP contribution is -2.48. The molecule has 2 aromatic heterocycles. The second kappa shape index (κ2) is 10.2. The molecule has 0 atom stereocenters. The van der Waals surface area contributed by atoms with Gasteiger partial charge in [0.05, 0.1) is 18.0 Å². The molecular weight excluding hydrogens is 468 g/mol. The zero-order chi connectivity index (χ0) is 20.8. The Hall–Kier alpha value is -2.23. The first-order valence-corrected chi connectivity index (χ1v) is 11.6. The Morgan fingerprint density at radius 3 is 2.83 bits per heavy atom.